The van der Waals surface area contributed by atoms with E-state index in [1.807, 2.05) is 9.80 Å². The molecule has 3 rings (SSSR count). The first kappa shape index (κ1) is 15.7. The Balaban J connectivity index is 1.88. The molecule has 0 amide bonds. The number of aliphatic carboxylic acids is 2. The second-order valence-electron chi connectivity index (χ2n) is 6.22. The molecule has 2 fully saturated rings. The zero-order valence-electron chi connectivity index (χ0n) is 12.8. The molecule has 2 atom stereocenters. The summed E-state index contributed by atoms with van der Waals surface area (Å²) in [6, 6.07) is -0.252. The Labute approximate surface area is 133 Å². The van der Waals surface area contributed by atoms with Crippen LogP contribution >= 0.6 is 0 Å². The first-order chi connectivity index (χ1) is 11.0. The number of fused-ring (bicyclic) bond motifs is 1. The van der Waals surface area contributed by atoms with Crippen molar-refractivity contribution in [3.8, 4) is 0 Å². The molecule has 0 radical (unpaired) electrons. The second kappa shape index (κ2) is 6.11. The van der Waals surface area contributed by atoms with Crippen LogP contribution in [0, 0.1) is 5.41 Å². The minimum Gasteiger partial charge on any atom is -0.481 e. The van der Waals surface area contributed by atoms with Gasteiger partial charge in [-0.25, -0.2) is 4.98 Å². The van der Waals surface area contributed by atoms with Gasteiger partial charge in [-0.05, 0) is 25.8 Å². The fraction of sp³-hybridized carbons (Fsp3) is 0.600. The predicted molar refractivity (Wildman–Crippen MR) is 81.2 cm³/mol. The Morgan fingerprint density at radius 2 is 2.13 bits per heavy atom. The molecule has 23 heavy (non-hydrogen) atoms. The Morgan fingerprint density at radius 3 is 2.78 bits per heavy atom. The van der Waals surface area contributed by atoms with Gasteiger partial charge in [0.25, 0.3) is 0 Å². The van der Waals surface area contributed by atoms with E-state index >= 15 is 0 Å². The number of likely N-dealkylation sites (tertiary alicyclic amines) is 1. The highest BCUT2D eigenvalue weighted by atomic mass is 16.4. The molecule has 2 aliphatic rings. The summed E-state index contributed by atoms with van der Waals surface area (Å²) >= 11 is 0. The van der Waals surface area contributed by atoms with E-state index in [0.29, 0.717) is 44.7 Å². The van der Waals surface area contributed by atoms with Gasteiger partial charge in [-0.3, -0.25) is 19.5 Å². The van der Waals surface area contributed by atoms with Crippen LogP contribution in [0.15, 0.2) is 18.6 Å². The van der Waals surface area contributed by atoms with Crippen LogP contribution < -0.4 is 4.90 Å². The normalized spacial score (nSPS) is 28.2. The van der Waals surface area contributed by atoms with Crippen molar-refractivity contribution in [2.45, 2.75) is 25.3 Å². The lowest BCUT2D eigenvalue weighted by atomic mass is 9.69. The van der Waals surface area contributed by atoms with Crippen molar-refractivity contribution in [2.24, 2.45) is 5.41 Å². The van der Waals surface area contributed by atoms with E-state index in [2.05, 4.69) is 9.97 Å². The van der Waals surface area contributed by atoms with E-state index in [1.54, 1.807) is 18.6 Å². The zero-order valence-corrected chi connectivity index (χ0v) is 12.8. The lowest BCUT2D eigenvalue weighted by molar-refractivity contribution is -0.160. The Hall–Kier alpha value is -2.22. The van der Waals surface area contributed by atoms with Crippen molar-refractivity contribution in [3.63, 3.8) is 0 Å². The number of anilines is 1. The van der Waals surface area contributed by atoms with Gasteiger partial charge in [0.2, 0.25) is 0 Å². The van der Waals surface area contributed by atoms with Gasteiger partial charge in [-0.2, -0.15) is 0 Å². The molecule has 8 heteroatoms. The van der Waals surface area contributed by atoms with E-state index in [0.717, 1.165) is 0 Å². The van der Waals surface area contributed by atoms with E-state index in [4.69, 9.17) is 5.11 Å². The van der Waals surface area contributed by atoms with Gasteiger partial charge in [-0.15, -0.1) is 0 Å². The van der Waals surface area contributed by atoms with Crippen LogP contribution in [0.4, 0.5) is 5.82 Å². The Morgan fingerprint density at radius 1 is 1.30 bits per heavy atom. The molecule has 124 valence electrons. The van der Waals surface area contributed by atoms with Gasteiger partial charge in [0, 0.05) is 31.5 Å². The van der Waals surface area contributed by atoms with Crippen LogP contribution in [0.25, 0.3) is 0 Å². The van der Waals surface area contributed by atoms with Gasteiger partial charge in [0.05, 0.1) is 12.7 Å². The highest BCUT2D eigenvalue weighted by Crippen LogP contribution is 2.42. The molecule has 3 heterocycles. The predicted octanol–water partition coefficient (Wildman–Crippen LogP) is 0.307. The fourth-order valence-electron chi connectivity index (χ4n) is 3.94. The first-order valence-electron chi connectivity index (χ1n) is 7.73. The molecule has 0 unspecified atom stereocenters. The monoisotopic (exact) mass is 320 g/mol. The van der Waals surface area contributed by atoms with Crippen molar-refractivity contribution in [3.05, 3.63) is 18.6 Å². The summed E-state index contributed by atoms with van der Waals surface area (Å²) in [5.74, 6) is -1.10. The summed E-state index contributed by atoms with van der Waals surface area (Å²) in [7, 11) is 0. The van der Waals surface area contributed by atoms with Crippen LogP contribution in [0.5, 0.6) is 0 Å². The molecular weight excluding hydrogens is 300 g/mol. The number of carboxylic acids is 2. The number of aromatic nitrogens is 2. The van der Waals surface area contributed by atoms with Crippen LogP contribution in [-0.4, -0.2) is 69.2 Å². The summed E-state index contributed by atoms with van der Waals surface area (Å²) in [5.41, 5.74) is -0.955. The van der Waals surface area contributed by atoms with Crippen molar-refractivity contribution >= 4 is 17.8 Å². The minimum atomic E-state index is -0.955. The van der Waals surface area contributed by atoms with Crippen molar-refractivity contribution < 1.29 is 19.8 Å². The standard InChI is InChI=1S/C15H20N4O4/c20-13(21)9-18-6-1-3-15(14(22)23)10-19(7-2-11(15)18)12-8-16-4-5-17-12/h4-5,8,11H,1-3,6-7,9-10H2,(H,20,21)(H,22,23)/t11-,15+/m1/s1. The molecule has 2 aliphatic heterocycles. The number of hydrogen-bond acceptors (Lipinski definition) is 6. The van der Waals surface area contributed by atoms with Gasteiger partial charge in [-0.1, -0.05) is 0 Å². The third-order valence-electron chi connectivity index (χ3n) is 4.93. The molecule has 0 aliphatic carbocycles. The van der Waals surface area contributed by atoms with Crippen LogP contribution in [0.1, 0.15) is 19.3 Å². The van der Waals surface area contributed by atoms with Gasteiger partial charge in [0.1, 0.15) is 11.2 Å². The number of rotatable bonds is 4. The highest BCUT2D eigenvalue weighted by Gasteiger charge is 2.53. The lowest BCUT2D eigenvalue weighted by Gasteiger charge is -2.52. The maximum Gasteiger partial charge on any atom is 0.317 e. The van der Waals surface area contributed by atoms with Crippen molar-refractivity contribution in [1.29, 1.82) is 0 Å². The second-order valence-corrected chi connectivity index (χ2v) is 6.22. The SMILES string of the molecule is O=C(O)CN1CCC[C@]2(C(=O)O)CN(c3cnccn3)CC[C@@H]12. The molecule has 0 spiro atoms. The summed E-state index contributed by atoms with van der Waals surface area (Å²) in [4.78, 5) is 35.2. The topological polar surface area (TPSA) is 107 Å². The highest BCUT2D eigenvalue weighted by molar-refractivity contribution is 5.78. The summed E-state index contributed by atoms with van der Waals surface area (Å²) in [6.07, 6.45) is 6.65. The number of carboxylic acid groups (broad SMARTS) is 2. The third-order valence-corrected chi connectivity index (χ3v) is 4.93. The molecule has 0 aromatic carbocycles. The average molecular weight is 320 g/mol. The summed E-state index contributed by atoms with van der Waals surface area (Å²) in [5, 5.41) is 19.0. The van der Waals surface area contributed by atoms with Crippen molar-refractivity contribution in [2.75, 3.05) is 31.1 Å². The Bertz CT molecular complexity index is 596. The molecule has 0 saturated carbocycles. The average Bonchev–Trinajstić information content (AvgIpc) is 2.54. The quantitative estimate of drug-likeness (QED) is 0.816. The zero-order chi connectivity index (χ0) is 16.4. The van der Waals surface area contributed by atoms with E-state index in [-0.39, 0.29) is 12.6 Å². The van der Waals surface area contributed by atoms with Crippen LogP contribution in [0.2, 0.25) is 0 Å². The molecule has 8 nitrogen and oxygen atoms in total. The Kier molecular flexibility index (Phi) is 4.16. The van der Waals surface area contributed by atoms with Crippen LogP contribution in [-0.2, 0) is 9.59 Å². The molecule has 1 aromatic heterocycles. The molecule has 2 saturated heterocycles. The van der Waals surface area contributed by atoms with E-state index in [9.17, 15) is 14.7 Å². The summed E-state index contributed by atoms with van der Waals surface area (Å²) < 4.78 is 0. The van der Waals surface area contributed by atoms with Gasteiger partial charge in [0.15, 0.2) is 0 Å². The van der Waals surface area contributed by atoms with Gasteiger partial charge >= 0.3 is 11.9 Å². The molecule has 1 aromatic rings. The fourth-order valence-corrected chi connectivity index (χ4v) is 3.94. The lowest BCUT2D eigenvalue weighted by Crippen LogP contribution is -2.64. The smallest absolute Gasteiger partial charge is 0.317 e. The maximum absolute atomic E-state index is 12.1. The number of hydrogen-bond donors (Lipinski definition) is 2. The number of nitrogens with zero attached hydrogens (tertiary/aromatic N) is 4. The summed E-state index contributed by atoms with van der Waals surface area (Å²) in [6.45, 7) is 1.51. The largest absolute Gasteiger partial charge is 0.481 e. The van der Waals surface area contributed by atoms with E-state index < -0.39 is 17.4 Å². The van der Waals surface area contributed by atoms with Crippen LogP contribution in [0.3, 0.4) is 0 Å². The number of piperidine rings is 2. The molecule has 0 bridgehead atoms. The first-order valence-corrected chi connectivity index (χ1v) is 7.73. The molecule has 2 N–H and O–H groups in total. The van der Waals surface area contributed by atoms with E-state index in [1.165, 1.54) is 0 Å². The maximum atomic E-state index is 12.1. The van der Waals surface area contributed by atoms with Gasteiger partial charge < -0.3 is 15.1 Å². The number of carbonyl (C=O) groups is 2. The minimum absolute atomic E-state index is 0.106. The third kappa shape index (κ3) is 2.86. The van der Waals surface area contributed by atoms with Crippen molar-refractivity contribution in [1.82, 2.24) is 14.9 Å². The molecular formula is C15H20N4O4.